The summed E-state index contributed by atoms with van der Waals surface area (Å²) in [4.78, 5) is 25.4. The van der Waals surface area contributed by atoms with Crippen LogP contribution in [0.4, 0.5) is 0 Å². The Morgan fingerprint density at radius 3 is 2.65 bits per heavy atom. The first-order chi connectivity index (χ1) is 9.65. The van der Waals surface area contributed by atoms with E-state index in [9.17, 15) is 9.59 Å². The van der Waals surface area contributed by atoms with E-state index in [2.05, 4.69) is 17.4 Å². The second-order valence-corrected chi connectivity index (χ2v) is 5.58. The van der Waals surface area contributed by atoms with Crippen LogP contribution in [-0.2, 0) is 9.59 Å². The van der Waals surface area contributed by atoms with Gasteiger partial charge in [0.1, 0.15) is 6.04 Å². The summed E-state index contributed by atoms with van der Waals surface area (Å²) in [6.07, 6.45) is 1.04. The molecule has 3 atom stereocenters. The summed E-state index contributed by atoms with van der Waals surface area (Å²) < 4.78 is 0. The van der Waals surface area contributed by atoms with E-state index in [4.69, 9.17) is 5.73 Å². The largest absolute Gasteiger partial charge is 0.344 e. The third-order valence-electron chi connectivity index (χ3n) is 4.20. The number of nitrogens with zero attached hydrogens (tertiary/aromatic N) is 1. The molecule has 5 heteroatoms. The van der Waals surface area contributed by atoms with Crippen LogP contribution in [0.2, 0.25) is 0 Å². The van der Waals surface area contributed by atoms with Crippen LogP contribution in [0.1, 0.15) is 24.3 Å². The molecule has 0 radical (unpaired) electrons. The van der Waals surface area contributed by atoms with Gasteiger partial charge in [-0.05, 0) is 12.0 Å². The zero-order chi connectivity index (χ0) is 14.1. The Balaban J connectivity index is 1.69. The lowest BCUT2D eigenvalue weighted by Crippen LogP contribution is -2.44. The molecule has 20 heavy (non-hydrogen) atoms. The zero-order valence-electron chi connectivity index (χ0n) is 11.3. The second kappa shape index (κ2) is 5.25. The number of hydrogen-bond acceptors (Lipinski definition) is 3. The predicted molar refractivity (Wildman–Crippen MR) is 74.9 cm³/mol. The second-order valence-electron chi connectivity index (χ2n) is 5.58. The minimum Gasteiger partial charge on any atom is -0.344 e. The van der Waals surface area contributed by atoms with Gasteiger partial charge < -0.3 is 16.0 Å². The highest BCUT2D eigenvalue weighted by atomic mass is 16.2. The van der Waals surface area contributed by atoms with Crippen molar-refractivity contribution in [3.63, 3.8) is 0 Å². The van der Waals surface area contributed by atoms with Gasteiger partial charge in [-0.2, -0.15) is 0 Å². The number of amides is 2. The summed E-state index contributed by atoms with van der Waals surface area (Å²) in [5, 5.41) is 2.73. The standard InChI is InChI=1S/C15H19N3O2/c16-12-9-18(15(20)13-6-7-14(19)17-13)8-11(12)10-4-2-1-3-5-10/h1-5,11-13H,6-9,16H2,(H,17,19)/t11-,12+,13?/m0/s1. The number of carbonyl (C=O) groups is 2. The van der Waals surface area contributed by atoms with Gasteiger partial charge in [0.25, 0.3) is 0 Å². The van der Waals surface area contributed by atoms with E-state index >= 15 is 0 Å². The van der Waals surface area contributed by atoms with Crippen molar-refractivity contribution in [2.45, 2.75) is 30.8 Å². The molecular weight excluding hydrogens is 254 g/mol. The summed E-state index contributed by atoms with van der Waals surface area (Å²) >= 11 is 0. The first kappa shape index (κ1) is 13.1. The van der Waals surface area contributed by atoms with E-state index in [1.807, 2.05) is 18.2 Å². The molecule has 0 aromatic heterocycles. The van der Waals surface area contributed by atoms with Crippen molar-refractivity contribution in [1.82, 2.24) is 10.2 Å². The van der Waals surface area contributed by atoms with Gasteiger partial charge in [0, 0.05) is 31.5 Å². The molecule has 0 spiro atoms. The normalized spacial score (nSPS) is 29.6. The monoisotopic (exact) mass is 273 g/mol. The number of carbonyl (C=O) groups excluding carboxylic acids is 2. The van der Waals surface area contributed by atoms with Gasteiger partial charge in [0.05, 0.1) is 0 Å². The fourth-order valence-electron chi connectivity index (χ4n) is 3.08. The summed E-state index contributed by atoms with van der Waals surface area (Å²) in [6, 6.07) is 9.66. The quantitative estimate of drug-likeness (QED) is 0.809. The number of likely N-dealkylation sites (tertiary alicyclic amines) is 1. The maximum Gasteiger partial charge on any atom is 0.245 e. The van der Waals surface area contributed by atoms with Gasteiger partial charge in [0.2, 0.25) is 11.8 Å². The lowest BCUT2D eigenvalue weighted by atomic mass is 9.95. The van der Waals surface area contributed by atoms with E-state index in [0.717, 1.165) is 0 Å². The first-order valence-corrected chi connectivity index (χ1v) is 7.04. The van der Waals surface area contributed by atoms with Gasteiger partial charge in [-0.15, -0.1) is 0 Å². The minimum atomic E-state index is -0.357. The number of nitrogens with two attached hydrogens (primary N) is 1. The number of rotatable bonds is 2. The van der Waals surface area contributed by atoms with Crippen LogP contribution in [0.5, 0.6) is 0 Å². The fourth-order valence-corrected chi connectivity index (χ4v) is 3.08. The van der Waals surface area contributed by atoms with Gasteiger partial charge in [-0.3, -0.25) is 9.59 Å². The Hall–Kier alpha value is -1.88. The molecule has 2 aliphatic rings. The molecular formula is C15H19N3O2. The van der Waals surface area contributed by atoms with Crippen molar-refractivity contribution in [3.05, 3.63) is 35.9 Å². The molecule has 1 aromatic carbocycles. The Labute approximate surface area is 118 Å². The lowest BCUT2D eigenvalue weighted by Gasteiger charge is -2.20. The molecule has 2 fully saturated rings. The number of benzene rings is 1. The molecule has 1 aromatic rings. The summed E-state index contributed by atoms with van der Waals surface area (Å²) in [6.45, 7) is 1.20. The average Bonchev–Trinajstić information content (AvgIpc) is 3.05. The van der Waals surface area contributed by atoms with E-state index in [1.165, 1.54) is 5.56 Å². The van der Waals surface area contributed by atoms with Crippen molar-refractivity contribution in [2.75, 3.05) is 13.1 Å². The maximum absolute atomic E-state index is 12.4. The Morgan fingerprint density at radius 2 is 2.00 bits per heavy atom. The number of hydrogen-bond donors (Lipinski definition) is 2. The topological polar surface area (TPSA) is 75.4 Å². The highest BCUT2D eigenvalue weighted by molar-refractivity contribution is 5.91. The molecule has 2 amide bonds. The summed E-state index contributed by atoms with van der Waals surface area (Å²) in [7, 11) is 0. The van der Waals surface area contributed by atoms with Crippen LogP contribution in [0, 0.1) is 0 Å². The zero-order valence-corrected chi connectivity index (χ0v) is 11.3. The van der Waals surface area contributed by atoms with E-state index in [0.29, 0.717) is 25.9 Å². The smallest absolute Gasteiger partial charge is 0.245 e. The van der Waals surface area contributed by atoms with Crippen LogP contribution in [0.25, 0.3) is 0 Å². The first-order valence-electron chi connectivity index (χ1n) is 7.04. The van der Waals surface area contributed by atoms with Crippen LogP contribution in [0.15, 0.2) is 30.3 Å². The molecule has 3 rings (SSSR count). The SMILES string of the molecule is N[C@@H]1CN(C(=O)C2CCC(=O)N2)C[C@H]1c1ccccc1. The van der Waals surface area contributed by atoms with E-state index < -0.39 is 0 Å². The van der Waals surface area contributed by atoms with Crippen LogP contribution in [0.3, 0.4) is 0 Å². The third-order valence-corrected chi connectivity index (χ3v) is 4.20. The number of nitrogens with one attached hydrogen (secondary N) is 1. The predicted octanol–water partition coefficient (Wildman–Crippen LogP) is 0.218. The molecule has 2 saturated heterocycles. The van der Waals surface area contributed by atoms with Gasteiger partial charge in [-0.1, -0.05) is 30.3 Å². The van der Waals surface area contributed by atoms with Gasteiger partial charge >= 0.3 is 0 Å². The van der Waals surface area contributed by atoms with Crippen molar-refractivity contribution >= 4 is 11.8 Å². The van der Waals surface area contributed by atoms with Crippen molar-refractivity contribution in [3.8, 4) is 0 Å². The molecule has 5 nitrogen and oxygen atoms in total. The fraction of sp³-hybridized carbons (Fsp3) is 0.467. The molecule has 0 saturated carbocycles. The Morgan fingerprint density at radius 1 is 1.25 bits per heavy atom. The molecule has 106 valence electrons. The third kappa shape index (κ3) is 2.41. The van der Waals surface area contributed by atoms with Crippen molar-refractivity contribution < 1.29 is 9.59 Å². The summed E-state index contributed by atoms with van der Waals surface area (Å²) in [5.74, 6) is 0.147. The summed E-state index contributed by atoms with van der Waals surface area (Å²) in [5.41, 5.74) is 7.36. The molecule has 1 unspecified atom stereocenters. The molecule has 2 heterocycles. The van der Waals surface area contributed by atoms with Crippen molar-refractivity contribution in [2.24, 2.45) is 5.73 Å². The molecule has 0 aliphatic carbocycles. The Bertz CT molecular complexity index is 517. The average molecular weight is 273 g/mol. The van der Waals surface area contributed by atoms with E-state index in [-0.39, 0.29) is 29.8 Å². The lowest BCUT2D eigenvalue weighted by molar-refractivity contribution is -0.133. The maximum atomic E-state index is 12.4. The van der Waals surface area contributed by atoms with Crippen molar-refractivity contribution in [1.29, 1.82) is 0 Å². The highest BCUT2D eigenvalue weighted by Gasteiger charge is 2.38. The molecule has 3 N–H and O–H groups in total. The Kier molecular flexibility index (Phi) is 3.44. The van der Waals surface area contributed by atoms with Crippen LogP contribution in [-0.4, -0.2) is 41.9 Å². The highest BCUT2D eigenvalue weighted by Crippen LogP contribution is 2.27. The van der Waals surface area contributed by atoms with Gasteiger partial charge in [0.15, 0.2) is 0 Å². The van der Waals surface area contributed by atoms with Crippen LogP contribution < -0.4 is 11.1 Å². The van der Waals surface area contributed by atoms with E-state index in [1.54, 1.807) is 4.90 Å². The minimum absolute atomic E-state index is 0.00438. The van der Waals surface area contributed by atoms with Crippen LogP contribution >= 0.6 is 0 Å². The molecule has 2 aliphatic heterocycles. The van der Waals surface area contributed by atoms with Gasteiger partial charge in [-0.25, -0.2) is 0 Å². The molecule has 0 bridgehead atoms.